The van der Waals surface area contributed by atoms with Crippen LogP contribution in [0.25, 0.3) is 0 Å². The normalized spacial score (nSPS) is 17.4. The third-order valence-electron chi connectivity index (χ3n) is 5.44. The molecule has 1 saturated carbocycles. The molecule has 3 rings (SSSR count). The Bertz CT molecular complexity index is 915. The van der Waals surface area contributed by atoms with E-state index in [0.29, 0.717) is 0 Å². The van der Waals surface area contributed by atoms with Crippen molar-refractivity contribution in [3.8, 4) is 0 Å². The molecule has 2 aromatic rings. The van der Waals surface area contributed by atoms with Gasteiger partial charge < -0.3 is 5.32 Å². The van der Waals surface area contributed by atoms with E-state index in [1.54, 1.807) is 36.4 Å². The van der Waals surface area contributed by atoms with Crippen molar-refractivity contribution in [2.45, 2.75) is 49.0 Å². The molecule has 0 heterocycles. The third-order valence-corrected chi connectivity index (χ3v) is 6.57. The van der Waals surface area contributed by atoms with Crippen molar-refractivity contribution in [3.63, 3.8) is 0 Å². The molecule has 0 saturated heterocycles. The van der Waals surface area contributed by atoms with Crippen LogP contribution in [0.5, 0.6) is 0 Å². The third kappa shape index (κ3) is 4.05. The zero-order valence-electron chi connectivity index (χ0n) is 15.5. The van der Waals surface area contributed by atoms with Crippen LogP contribution in [0.3, 0.4) is 0 Å². The largest absolute Gasteiger partial charge is 0.349 e. The van der Waals surface area contributed by atoms with E-state index in [1.807, 2.05) is 6.92 Å². The van der Waals surface area contributed by atoms with Crippen molar-refractivity contribution >= 4 is 15.7 Å². The first-order valence-electron chi connectivity index (χ1n) is 9.09. The van der Waals surface area contributed by atoms with Gasteiger partial charge in [0.25, 0.3) is 0 Å². The van der Waals surface area contributed by atoms with Crippen LogP contribution >= 0.6 is 0 Å². The van der Waals surface area contributed by atoms with Crippen LogP contribution in [0.2, 0.25) is 0 Å². The van der Waals surface area contributed by atoms with Gasteiger partial charge in [-0.25, -0.2) is 12.8 Å². The lowest BCUT2D eigenvalue weighted by molar-refractivity contribution is -0.127. The average molecular weight is 389 g/mol. The highest BCUT2D eigenvalue weighted by Crippen LogP contribution is 2.41. The van der Waals surface area contributed by atoms with Crippen LogP contribution in [0.15, 0.2) is 53.4 Å². The lowest BCUT2D eigenvalue weighted by atomic mass is 9.77. The maximum atomic E-state index is 13.3. The van der Waals surface area contributed by atoms with Crippen LogP contribution < -0.4 is 5.32 Å². The molecule has 144 valence electrons. The fourth-order valence-electron chi connectivity index (χ4n) is 3.82. The molecule has 27 heavy (non-hydrogen) atoms. The maximum Gasteiger partial charge on any atom is 0.231 e. The molecule has 1 amide bonds. The van der Waals surface area contributed by atoms with E-state index in [-0.39, 0.29) is 22.7 Å². The van der Waals surface area contributed by atoms with E-state index in [0.717, 1.165) is 36.8 Å². The zero-order chi connectivity index (χ0) is 19.7. The van der Waals surface area contributed by atoms with E-state index < -0.39 is 15.3 Å². The molecule has 0 bridgehead atoms. The van der Waals surface area contributed by atoms with Crippen LogP contribution in [0.4, 0.5) is 4.39 Å². The topological polar surface area (TPSA) is 63.2 Å². The molecule has 0 radical (unpaired) electrons. The second kappa shape index (κ2) is 7.43. The number of nitrogens with one attached hydrogen (secondary N) is 1. The van der Waals surface area contributed by atoms with E-state index in [2.05, 4.69) is 5.32 Å². The highest BCUT2D eigenvalue weighted by molar-refractivity contribution is 7.90. The Morgan fingerprint density at radius 2 is 1.59 bits per heavy atom. The summed E-state index contributed by atoms with van der Waals surface area (Å²) in [5.74, 6) is -0.377. The van der Waals surface area contributed by atoms with Crippen LogP contribution in [0, 0.1) is 5.82 Å². The molecule has 1 aliphatic carbocycles. The summed E-state index contributed by atoms with van der Waals surface area (Å²) < 4.78 is 36.5. The summed E-state index contributed by atoms with van der Waals surface area (Å²) in [6.07, 6.45) is 4.57. The van der Waals surface area contributed by atoms with Crippen molar-refractivity contribution in [2.24, 2.45) is 0 Å². The molecule has 1 fully saturated rings. The Morgan fingerprint density at radius 3 is 2.11 bits per heavy atom. The average Bonchev–Trinajstić information content (AvgIpc) is 3.13. The molecule has 0 aromatic heterocycles. The number of sulfone groups is 1. The minimum absolute atomic E-state index is 0.0636. The Balaban J connectivity index is 1.80. The predicted molar refractivity (Wildman–Crippen MR) is 103 cm³/mol. The van der Waals surface area contributed by atoms with Crippen molar-refractivity contribution < 1.29 is 17.6 Å². The standard InChI is InChI=1S/C21H24FNO3S/c1-15(16-5-11-19(12-6-16)27(2,25)26)23-20(24)21(13-3-4-14-21)17-7-9-18(22)10-8-17/h5-12,15H,3-4,13-14H2,1-2H3,(H,23,24). The number of amides is 1. The minimum atomic E-state index is -3.25. The Labute approximate surface area is 159 Å². The Hall–Kier alpha value is -2.21. The van der Waals surface area contributed by atoms with E-state index in [1.165, 1.54) is 18.4 Å². The molecular weight excluding hydrogens is 365 g/mol. The van der Waals surface area contributed by atoms with E-state index in [4.69, 9.17) is 0 Å². The molecule has 6 heteroatoms. The molecule has 2 aromatic carbocycles. The van der Waals surface area contributed by atoms with Gasteiger partial charge in [-0.3, -0.25) is 4.79 Å². The number of carbonyl (C=O) groups is 1. The summed E-state index contributed by atoms with van der Waals surface area (Å²) in [5, 5.41) is 3.07. The zero-order valence-corrected chi connectivity index (χ0v) is 16.4. The highest BCUT2D eigenvalue weighted by atomic mass is 32.2. The number of carbonyl (C=O) groups excluding carboxylic acids is 1. The van der Waals surface area contributed by atoms with Crippen LogP contribution in [-0.4, -0.2) is 20.6 Å². The lowest BCUT2D eigenvalue weighted by Crippen LogP contribution is -2.43. The van der Waals surface area contributed by atoms with Gasteiger partial charge in [0, 0.05) is 6.26 Å². The number of rotatable bonds is 5. The summed E-state index contributed by atoms with van der Waals surface area (Å²) in [4.78, 5) is 13.4. The fourth-order valence-corrected chi connectivity index (χ4v) is 4.45. The van der Waals surface area contributed by atoms with Gasteiger partial charge in [0.05, 0.1) is 16.4 Å². The number of hydrogen-bond donors (Lipinski definition) is 1. The smallest absolute Gasteiger partial charge is 0.231 e. The number of halogens is 1. The van der Waals surface area contributed by atoms with Gasteiger partial charge in [-0.2, -0.15) is 0 Å². The minimum Gasteiger partial charge on any atom is -0.349 e. The molecular formula is C21H24FNO3S. The van der Waals surface area contributed by atoms with E-state index in [9.17, 15) is 17.6 Å². The lowest BCUT2D eigenvalue weighted by Gasteiger charge is -2.30. The summed E-state index contributed by atoms with van der Waals surface area (Å²) in [5.41, 5.74) is 1.05. The van der Waals surface area contributed by atoms with Gasteiger partial charge in [-0.15, -0.1) is 0 Å². The Morgan fingerprint density at radius 1 is 1.04 bits per heavy atom. The van der Waals surface area contributed by atoms with Crippen molar-refractivity contribution in [1.29, 1.82) is 0 Å². The second-order valence-corrected chi connectivity index (χ2v) is 9.35. The first-order chi connectivity index (χ1) is 12.7. The predicted octanol–water partition coefficient (Wildman–Crippen LogP) is 3.92. The first-order valence-corrected chi connectivity index (χ1v) is 11.0. The van der Waals surface area contributed by atoms with Crippen LogP contribution in [0.1, 0.15) is 49.8 Å². The fraction of sp³-hybridized carbons (Fsp3) is 0.381. The molecule has 4 nitrogen and oxygen atoms in total. The molecule has 1 aliphatic rings. The van der Waals surface area contributed by atoms with Gasteiger partial charge in [-0.05, 0) is 55.2 Å². The highest BCUT2D eigenvalue weighted by Gasteiger charge is 2.43. The van der Waals surface area contributed by atoms with E-state index >= 15 is 0 Å². The maximum absolute atomic E-state index is 13.3. The van der Waals surface area contributed by atoms with Gasteiger partial charge in [0.1, 0.15) is 5.82 Å². The molecule has 1 atom stereocenters. The summed E-state index contributed by atoms with van der Waals surface area (Å²) in [6, 6.07) is 12.5. The number of benzene rings is 2. The van der Waals surface area contributed by atoms with Crippen LogP contribution in [-0.2, 0) is 20.0 Å². The van der Waals surface area contributed by atoms with Gasteiger partial charge >= 0.3 is 0 Å². The second-order valence-electron chi connectivity index (χ2n) is 7.33. The van der Waals surface area contributed by atoms with Gasteiger partial charge in [-0.1, -0.05) is 37.1 Å². The molecule has 0 aliphatic heterocycles. The summed E-state index contributed by atoms with van der Waals surface area (Å²) in [7, 11) is -3.25. The van der Waals surface area contributed by atoms with Crippen molar-refractivity contribution in [3.05, 3.63) is 65.5 Å². The molecule has 1 N–H and O–H groups in total. The molecule has 0 spiro atoms. The first kappa shape index (κ1) is 19.5. The monoisotopic (exact) mass is 389 g/mol. The van der Waals surface area contributed by atoms with Crippen molar-refractivity contribution in [2.75, 3.05) is 6.26 Å². The SMILES string of the molecule is CC(NC(=O)C1(c2ccc(F)cc2)CCCC1)c1ccc(S(C)(=O)=O)cc1. The summed E-state index contributed by atoms with van der Waals surface area (Å²) in [6.45, 7) is 1.88. The summed E-state index contributed by atoms with van der Waals surface area (Å²) >= 11 is 0. The van der Waals surface area contributed by atoms with Crippen molar-refractivity contribution in [1.82, 2.24) is 5.32 Å². The number of hydrogen-bond acceptors (Lipinski definition) is 3. The van der Waals surface area contributed by atoms with Gasteiger partial charge in [0.15, 0.2) is 9.84 Å². The molecule has 1 unspecified atom stereocenters. The Kier molecular flexibility index (Phi) is 5.38. The van der Waals surface area contributed by atoms with Gasteiger partial charge in [0.2, 0.25) is 5.91 Å². The quantitative estimate of drug-likeness (QED) is 0.843.